The Morgan fingerprint density at radius 1 is 1.43 bits per heavy atom. The molecule has 0 amide bonds. The molecule has 21 heavy (non-hydrogen) atoms. The molecule has 8 heteroatoms. The van der Waals surface area contributed by atoms with Gasteiger partial charge in [-0.15, -0.1) is 0 Å². The van der Waals surface area contributed by atoms with E-state index in [-0.39, 0.29) is 16.3 Å². The zero-order chi connectivity index (χ0) is 15.4. The summed E-state index contributed by atoms with van der Waals surface area (Å²) in [7, 11) is 1.49. The number of benzene rings is 1. The molecule has 0 fully saturated rings. The van der Waals surface area contributed by atoms with Crippen molar-refractivity contribution in [1.82, 2.24) is 4.98 Å². The van der Waals surface area contributed by atoms with Crippen LogP contribution in [-0.2, 0) is 0 Å². The fourth-order valence-electron chi connectivity index (χ4n) is 1.57. The van der Waals surface area contributed by atoms with Gasteiger partial charge >= 0.3 is 11.7 Å². The molecule has 7 nitrogen and oxygen atoms in total. The maximum absolute atomic E-state index is 11.1. The molecular formula is C13H10N2O5S. The molecule has 108 valence electrons. The van der Waals surface area contributed by atoms with Crippen LogP contribution in [0.3, 0.4) is 0 Å². The van der Waals surface area contributed by atoms with Gasteiger partial charge < -0.3 is 9.84 Å². The van der Waals surface area contributed by atoms with Crippen LogP contribution in [0.5, 0.6) is 5.75 Å². The minimum absolute atomic E-state index is 0.106. The normalized spacial score (nSPS) is 10.1. The predicted octanol–water partition coefficient (Wildman–Crippen LogP) is 2.85. The maximum atomic E-state index is 11.1. The van der Waals surface area contributed by atoms with Crippen LogP contribution in [0.15, 0.2) is 46.5 Å². The molecule has 0 unspecified atom stereocenters. The van der Waals surface area contributed by atoms with Crippen LogP contribution >= 0.6 is 11.8 Å². The highest BCUT2D eigenvalue weighted by atomic mass is 32.2. The van der Waals surface area contributed by atoms with Crippen molar-refractivity contribution in [1.29, 1.82) is 0 Å². The van der Waals surface area contributed by atoms with Crippen molar-refractivity contribution in [2.75, 3.05) is 7.11 Å². The summed E-state index contributed by atoms with van der Waals surface area (Å²) in [6.07, 6.45) is 1.09. The summed E-state index contributed by atoms with van der Waals surface area (Å²) in [5.74, 6) is -0.708. The molecule has 1 aromatic carbocycles. The Morgan fingerprint density at radius 3 is 2.76 bits per heavy atom. The van der Waals surface area contributed by atoms with Crippen LogP contribution in [0.1, 0.15) is 10.4 Å². The van der Waals surface area contributed by atoms with Gasteiger partial charge in [0.2, 0.25) is 0 Å². The van der Waals surface area contributed by atoms with Crippen LogP contribution in [0.4, 0.5) is 5.69 Å². The molecule has 0 bridgehead atoms. The van der Waals surface area contributed by atoms with E-state index in [1.807, 2.05) is 0 Å². The summed E-state index contributed by atoms with van der Waals surface area (Å²) in [6.45, 7) is 0. The number of aromatic carboxylic acids is 1. The van der Waals surface area contributed by atoms with Crippen molar-refractivity contribution in [3.63, 3.8) is 0 Å². The molecule has 0 aliphatic heterocycles. The van der Waals surface area contributed by atoms with Crippen molar-refractivity contribution in [2.45, 2.75) is 9.92 Å². The largest absolute Gasteiger partial charge is 0.496 e. The van der Waals surface area contributed by atoms with E-state index >= 15 is 0 Å². The lowest BCUT2D eigenvalue weighted by atomic mass is 10.3. The fourth-order valence-corrected chi connectivity index (χ4v) is 2.52. The van der Waals surface area contributed by atoms with Crippen LogP contribution in [0, 0.1) is 10.1 Å². The lowest BCUT2D eigenvalue weighted by Gasteiger charge is -2.07. The van der Waals surface area contributed by atoms with Crippen molar-refractivity contribution < 1.29 is 19.6 Å². The minimum Gasteiger partial charge on any atom is -0.496 e. The number of methoxy groups -OCH3 is 1. The number of nitrogens with zero attached hydrogens (tertiary/aromatic N) is 2. The Balaban J connectivity index is 2.44. The van der Waals surface area contributed by atoms with E-state index < -0.39 is 10.9 Å². The van der Waals surface area contributed by atoms with E-state index in [0.717, 1.165) is 24.0 Å². The zero-order valence-corrected chi connectivity index (χ0v) is 11.7. The van der Waals surface area contributed by atoms with E-state index in [4.69, 9.17) is 9.84 Å². The number of pyridine rings is 1. The number of rotatable bonds is 5. The van der Waals surface area contributed by atoms with Gasteiger partial charge in [0.1, 0.15) is 5.75 Å². The standard InChI is InChI=1S/C13H10N2O5S/c1-20-10-4-2-3-5-11(10)21-12-9(15(18)19)6-8(7-14-12)13(16)17/h2-7H,1H3,(H,16,17). The van der Waals surface area contributed by atoms with Gasteiger partial charge in [0.25, 0.3) is 0 Å². The third-order valence-corrected chi connectivity index (χ3v) is 3.62. The van der Waals surface area contributed by atoms with Gasteiger partial charge in [-0.05, 0) is 12.1 Å². The molecule has 0 saturated carbocycles. The minimum atomic E-state index is -1.26. The highest BCUT2D eigenvalue weighted by Crippen LogP contribution is 2.38. The van der Waals surface area contributed by atoms with Gasteiger partial charge in [-0.25, -0.2) is 9.78 Å². The van der Waals surface area contributed by atoms with E-state index in [2.05, 4.69) is 4.98 Å². The molecular weight excluding hydrogens is 296 g/mol. The monoisotopic (exact) mass is 306 g/mol. The van der Waals surface area contributed by atoms with Crippen LogP contribution < -0.4 is 4.74 Å². The second-order valence-electron chi connectivity index (χ2n) is 3.86. The fraction of sp³-hybridized carbons (Fsp3) is 0.0769. The van der Waals surface area contributed by atoms with Gasteiger partial charge in [-0.1, -0.05) is 23.9 Å². The highest BCUT2D eigenvalue weighted by Gasteiger charge is 2.20. The number of nitro groups is 1. The van der Waals surface area contributed by atoms with E-state index in [9.17, 15) is 14.9 Å². The maximum Gasteiger partial charge on any atom is 0.337 e. The number of hydrogen-bond acceptors (Lipinski definition) is 6. The molecule has 0 radical (unpaired) electrons. The first-order valence-corrected chi connectivity index (χ1v) is 6.53. The van der Waals surface area contributed by atoms with Gasteiger partial charge in [-0.3, -0.25) is 10.1 Å². The Labute approximate surface area is 123 Å². The van der Waals surface area contributed by atoms with E-state index in [1.54, 1.807) is 24.3 Å². The second-order valence-corrected chi connectivity index (χ2v) is 4.89. The Kier molecular flexibility index (Phi) is 4.39. The number of hydrogen-bond donors (Lipinski definition) is 1. The molecule has 2 aromatic rings. The van der Waals surface area contributed by atoms with Crippen LogP contribution in [0.2, 0.25) is 0 Å². The van der Waals surface area contributed by atoms with Gasteiger partial charge in [-0.2, -0.15) is 0 Å². The van der Waals surface area contributed by atoms with Crippen molar-refractivity contribution >= 4 is 23.4 Å². The summed E-state index contributed by atoms with van der Waals surface area (Å²) in [6, 6.07) is 7.99. The molecule has 0 spiro atoms. The number of ether oxygens (including phenoxy) is 1. The van der Waals surface area contributed by atoms with Crippen molar-refractivity contribution in [2.24, 2.45) is 0 Å². The Bertz CT molecular complexity index is 705. The summed E-state index contributed by atoms with van der Waals surface area (Å²) in [4.78, 5) is 25.8. The molecule has 0 aliphatic rings. The molecule has 1 heterocycles. The van der Waals surface area contributed by atoms with Crippen LogP contribution in [-0.4, -0.2) is 28.1 Å². The summed E-state index contributed by atoms with van der Waals surface area (Å²) >= 11 is 1.04. The third kappa shape index (κ3) is 3.29. The highest BCUT2D eigenvalue weighted by molar-refractivity contribution is 7.99. The number of carboxylic acids is 1. The number of para-hydroxylation sites is 1. The molecule has 0 saturated heterocycles. The molecule has 0 aliphatic carbocycles. The first-order chi connectivity index (χ1) is 10.0. The summed E-state index contributed by atoms with van der Waals surface area (Å²) in [5.41, 5.74) is -0.586. The van der Waals surface area contributed by atoms with E-state index in [0.29, 0.717) is 10.6 Å². The second kappa shape index (κ2) is 6.23. The third-order valence-electron chi connectivity index (χ3n) is 2.55. The average molecular weight is 306 g/mol. The SMILES string of the molecule is COc1ccccc1Sc1ncc(C(=O)O)cc1[N+](=O)[O-]. The number of carbonyl (C=O) groups is 1. The van der Waals surface area contributed by atoms with Gasteiger partial charge in [0.15, 0.2) is 5.03 Å². The average Bonchev–Trinajstić information content (AvgIpc) is 2.47. The van der Waals surface area contributed by atoms with Crippen molar-refractivity contribution in [3.8, 4) is 5.75 Å². The lowest BCUT2D eigenvalue weighted by Crippen LogP contribution is -2.01. The molecule has 1 aromatic heterocycles. The first kappa shape index (κ1) is 14.8. The smallest absolute Gasteiger partial charge is 0.337 e. The summed E-state index contributed by atoms with van der Waals surface area (Å²) in [5, 5.41) is 20.0. The quantitative estimate of drug-likeness (QED) is 0.669. The van der Waals surface area contributed by atoms with E-state index in [1.165, 1.54) is 7.11 Å². The first-order valence-electron chi connectivity index (χ1n) is 5.71. The van der Waals surface area contributed by atoms with Gasteiger partial charge in [0, 0.05) is 12.3 Å². The molecule has 0 atom stereocenters. The lowest BCUT2D eigenvalue weighted by molar-refractivity contribution is -0.388. The Morgan fingerprint density at radius 2 is 2.14 bits per heavy atom. The zero-order valence-electron chi connectivity index (χ0n) is 10.8. The predicted molar refractivity (Wildman–Crippen MR) is 75.0 cm³/mol. The molecule has 1 N–H and O–H groups in total. The topological polar surface area (TPSA) is 103 Å². The van der Waals surface area contributed by atoms with Crippen LogP contribution in [0.25, 0.3) is 0 Å². The number of aromatic nitrogens is 1. The summed E-state index contributed by atoms with van der Waals surface area (Å²) < 4.78 is 5.17. The van der Waals surface area contributed by atoms with Gasteiger partial charge in [0.05, 0.1) is 22.5 Å². The van der Waals surface area contributed by atoms with Crippen molar-refractivity contribution in [3.05, 3.63) is 52.2 Å². The molecule has 2 rings (SSSR count). The number of carboxylic acid groups (broad SMARTS) is 1. The Hall–Kier alpha value is -2.61.